The Balaban J connectivity index is 3.86. The van der Waals surface area contributed by atoms with Crippen molar-refractivity contribution in [3.8, 4) is 0 Å². The maximum atomic E-state index is 3.49. The second-order valence-corrected chi connectivity index (χ2v) is 5.82. The molecule has 0 radical (unpaired) electrons. The molecule has 18 heavy (non-hydrogen) atoms. The summed E-state index contributed by atoms with van der Waals surface area (Å²) >= 11 is 0. The largest absolute Gasteiger partial charge is 0.317 e. The zero-order valence-corrected chi connectivity index (χ0v) is 13.5. The highest BCUT2D eigenvalue weighted by atomic mass is 15.1. The van der Waals surface area contributed by atoms with Crippen molar-refractivity contribution in [2.75, 3.05) is 26.2 Å². The summed E-state index contributed by atoms with van der Waals surface area (Å²) in [5.74, 6) is 0.781. The molecule has 110 valence electrons. The van der Waals surface area contributed by atoms with Crippen molar-refractivity contribution >= 4 is 0 Å². The fourth-order valence-electron chi connectivity index (χ4n) is 2.56. The molecule has 0 atom stereocenters. The van der Waals surface area contributed by atoms with E-state index in [0.29, 0.717) is 0 Å². The van der Waals surface area contributed by atoms with Crippen molar-refractivity contribution < 1.29 is 0 Å². The van der Waals surface area contributed by atoms with Gasteiger partial charge in [0.05, 0.1) is 0 Å². The van der Waals surface area contributed by atoms with Crippen LogP contribution in [0.3, 0.4) is 0 Å². The van der Waals surface area contributed by atoms with Gasteiger partial charge in [0.1, 0.15) is 0 Å². The van der Waals surface area contributed by atoms with Gasteiger partial charge in [0, 0.05) is 12.6 Å². The maximum absolute atomic E-state index is 3.49. The minimum Gasteiger partial charge on any atom is -0.317 e. The molecule has 0 rings (SSSR count). The molecule has 0 saturated heterocycles. The molecule has 0 aromatic carbocycles. The average molecular weight is 256 g/mol. The minimum absolute atomic E-state index is 0.781. The minimum atomic E-state index is 0.781. The van der Waals surface area contributed by atoms with Crippen molar-refractivity contribution in [2.24, 2.45) is 5.92 Å². The monoisotopic (exact) mass is 256 g/mol. The highest BCUT2D eigenvalue weighted by molar-refractivity contribution is 4.70. The molecule has 0 fully saturated rings. The summed E-state index contributed by atoms with van der Waals surface area (Å²) in [5.41, 5.74) is 0. The van der Waals surface area contributed by atoms with E-state index in [1.54, 1.807) is 0 Å². The summed E-state index contributed by atoms with van der Waals surface area (Å²) in [7, 11) is 0. The summed E-state index contributed by atoms with van der Waals surface area (Å²) in [6.07, 6.45) is 6.47. The lowest BCUT2D eigenvalue weighted by Gasteiger charge is -2.32. The molecule has 1 N–H and O–H groups in total. The molecule has 0 amide bonds. The Labute approximate surface area is 116 Å². The van der Waals surface area contributed by atoms with Crippen molar-refractivity contribution in [3.05, 3.63) is 0 Å². The predicted octanol–water partition coefficient (Wildman–Crippen LogP) is 3.91. The van der Waals surface area contributed by atoms with E-state index in [2.05, 4.69) is 44.8 Å². The fourth-order valence-corrected chi connectivity index (χ4v) is 2.56. The molecule has 0 unspecified atom stereocenters. The van der Waals surface area contributed by atoms with Gasteiger partial charge in [-0.15, -0.1) is 0 Å². The first-order valence-electron chi connectivity index (χ1n) is 8.10. The maximum Gasteiger partial charge on any atom is 0.00901 e. The van der Waals surface area contributed by atoms with Gasteiger partial charge in [-0.2, -0.15) is 0 Å². The second kappa shape index (κ2) is 12.0. The van der Waals surface area contributed by atoms with Crippen LogP contribution in [-0.2, 0) is 0 Å². The van der Waals surface area contributed by atoms with Gasteiger partial charge in [0.2, 0.25) is 0 Å². The van der Waals surface area contributed by atoms with Gasteiger partial charge in [-0.1, -0.05) is 34.6 Å². The van der Waals surface area contributed by atoms with Crippen molar-refractivity contribution in [1.29, 1.82) is 0 Å². The molecule has 0 aliphatic heterocycles. The number of rotatable bonds is 12. The Bertz CT molecular complexity index is 164. The van der Waals surface area contributed by atoms with Gasteiger partial charge in [0.25, 0.3) is 0 Å². The van der Waals surface area contributed by atoms with E-state index in [1.807, 2.05) is 0 Å². The van der Waals surface area contributed by atoms with Crippen molar-refractivity contribution in [1.82, 2.24) is 10.2 Å². The zero-order valence-electron chi connectivity index (χ0n) is 13.5. The predicted molar refractivity (Wildman–Crippen MR) is 83.2 cm³/mol. The molecule has 2 nitrogen and oxygen atoms in total. The van der Waals surface area contributed by atoms with Crippen LogP contribution < -0.4 is 5.32 Å². The number of hydrogen-bond donors (Lipinski definition) is 1. The summed E-state index contributed by atoms with van der Waals surface area (Å²) < 4.78 is 0. The standard InChI is InChI=1S/C16H36N2/c1-6-11-17-12-9-10-13-18(14-15(4)5)16(7-2)8-3/h15-17H,6-14H2,1-5H3. The lowest BCUT2D eigenvalue weighted by molar-refractivity contribution is 0.163. The molecule has 0 aliphatic rings. The van der Waals surface area contributed by atoms with Crippen molar-refractivity contribution in [3.63, 3.8) is 0 Å². The molecule has 0 spiro atoms. The van der Waals surface area contributed by atoms with Crippen LogP contribution in [0, 0.1) is 5.92 Å². The molecule has 0 heterocycles. The van der Waals surface area contributed by atoms with Gasteiger partial charge in [-0.3, -0.25) is 0 Å². The van der Waals surface area contributed by atoms with E-state index in [1.165, 1.54) is 58.3 Å². The van der Waals surface area contributed by atoms with E-state index >= 15 is 0 Å². The fraction of sp³-hybridized carbons (Fsp3) is 1.00. The first kappa shape index (κ1) is 17.9. The highest BCUT2D eigenvalue weighted by Crippen LogP contribution is 2.12. The van der Waals surface area contributed by atoms with E-state index in [4.69, 9.17) is 0 Å². The molecule has 0 saturated carbocycles. The van der Waals surface area contributed by atoms with Crippen LogP contribution in [0.1, 0.15) is 66.7 Å². The smallest absolute Gasteiger partial charge is 0.00901 e. The van der Waals surface area contributed by atoms with Gasteiger partial charge < -0.3 is 10.2 Å². The number of unbranched alkanes of at least 4 members (excludes halogenated alkanes) is 1. The third-order valence-electron chi connectivity index (χ3n) is 3.53. The summed E-state index contributed by atoms with van der Waals surface area (Å²) in [4.78, 5) is 2.71. The molecule has 0 bridgehead atoms. The number of nitrogens with one attached hydrogen (secondary N) is 1. The van der Waals surface area contributed by atoms with Gasteiger partial charge >= 0.3 is 0 Å². The normalized spacial score (nSPS) is 12.0. The van der Waals surface area contributed by atoms with Crippen LogP contribution in [0.2, 0.25) is 0 Å². The third-order valence-corrected chi connectivity index (χ3v) is 3.53. The highest BCUT2D eigenvalue weighted by Gasteiger charge is 2.15. The van der Waals surface area contributed by atoms with E-state index < -0.39 is 0 Å². The number of nitrogens with zero attached hydrogens (tertiary/aromatic N) is 1. The van der Waals surface area contributed by atoms with Crippen LogP contribution in [0.15, 0.2) is 0 Å². The first-order valence-corrected chi connectivity index (χ1v) is 8.10. The molecule has 0 aromatic heterocycles. The van der Waals surface area contributed by atoms with Gasteiger partial charge in [-0.25, -0.2) is 0 Å². The van der Waals surface area contributed by atoms with Crippen LogP contribution in [0.4, 0.5) is 0 Å². The Morgan fingerprint density at radius 2 is 1.61 bits per heavy atom. The lowest BCUT2D eigenvalue weighted by atomic mass is 10.1. The van der Waals surface area contributed by atoms with E-state index in [9.17, 15) is 0 Å². The molecule has 0 aliphatic carbocycles. The molecular weight excluding hydrogens is 220 g/mol. The zero-order chi connectivity index (χ0) is 13.8. The second-order valence-electron chi connectivity index (χ2n) is 5.82. The SMILES string of the molecule is CCCNCCCCN(CC(C)C)C(CC)CC. The Morgan fingerprint density at radius 3 is 2.11 bits per heavy atom. The van der Waals surface area contributed by atoms with Gasteiger partial charge in [0.15, 0.2) is 0 Å². The van der Waals surface area contributed by atoms with Crippen LogP contribution in [0.25, 0.3) is 0 Å². The van der Waals surface area contributed by atoms with Crippen LogP contribution in [0.5, 0.6) is 0 Å². The Kier molecular flexibility index (Phi) is 11.9. The number of hydrogen-bond acceptors (Lipinski definition) is 2. The molecular formula is C16H36N2. The first-order chi connectivity index (χ1) is 8.65. The topological polar surface area (TPSA) is 15.3 Å². The summed E-state index contributed by atoms with van der Waals surface area (Å²) in [6.45, 7) is 16.4. The summed E-state index contributed by atoms with van der Waals surface area (Å²) in [5, 5.41) is 3.49. The molecule has 0 aromatic rings. The summed E-state index contributed by atoms with van der Waals surface area (Å²) in [6, 6.07) is 0.788. The Morgan fingerprint density at radius 1 is 0.944 bits per heavy atom. The van der Waals surface area contributed by atoms with E-state index in [-0.39, 0.29) is 0 Å². The van der Waals surface area contributed by atoms with Crippen LogP contribution in [-0.4, -0.2) is 37.1 Å². The average Bonchev–Trinajstić information content (AvgIpc) is 2.34. The molecule has 2 heteroatoms. The van der Waals surface area contributed by atoms with Crippen molar-refractivity contribution in [2.45, 2.75) is 72.8 Å². The third kappa shape index (κ3) is 8.93. The van der Waals surface area contributed by atoms with E-state index in [0.717, 1.165) is 12.0 Å². The lowest BCUT2D eigenvalue weighted by Crippen LogP contribution is -2.38. The quantitative estimate of drug-likeness (QED) is 0.533. The van der Waals surface area contributed by atoms with Gasteiger partial charge in [-0.05, 0) is 57.7 Å². The van der Waals surface area contributed by atoms with Crippen LogP contribution >= 0.6 is 0 Å². The Hall–Kier alpha value is -0.0800.